The number of unbranched alkanes of at least 4 members (excludes halogenated alkanes) is 2. The molecule has 5 rings (SSSR count). The predicted molar refractivity (Wildman–Crippen MR) is 195 cm³/mol. The first kappa shape index (κ1) is 36.2. The van der Waals surface area contributed by atoms with E-state index in [4.69, 9.17) is 19.7 Å². The van der Waals surface area contributed by atoms with Gasteiger partial charge in [0, 0.05) is 47.3 Å². The Kier molecular flexibility index (Phi) is 11.0. The molecule has 0 radical (unpaired) electrons. The van der Waals surface area contributed by atoms with Gasteiger partial charge in [0.2, 0.25) is 0 Å². The Morgan fingerprint density at radius 1 is 0.960 bits per heavy atom. The van der Waals surface area contributed by atoms with Gasteiger partial charge in [-0.05, 0) is 80.6 Å². The number of aliphatic carboxylic acids is 1. The smallest absolute Gasteiger partial charge is 0.310 e. The Morgan fingerprint density at radius 2 is 1.68 bits per heavy atom. The first-order valence-corrected chi connectivity index (χ1v) is 17.4. The van der Waals surface area contributed by atoms with Gasteiger partial charge in [0.05, 0.1) is 59.6 Å². The Balaban J connectivity index is 1.83. The Labute approximate surface area is 293 Å². The topological polar surface area (TPSA) is 162 Å². The average Bonchev–Trinajstić information content (AvgIpc) is 3.77. The highest BCUT2D eigenvalue weighted by Crippen LogP contribution is 2.43. The highest BCUT2D eigenvalue weighted by atomic mass is 16.5. The van der Waals surface area contributed by atoms with Crippen LogP contribution in [0, 0.1) is 11.8 Å². The molecular weight excluding hydrogens is 634 g/mol. The van der Waals surface area contributed by atoms with E-state index in [1.165, 1.54) is 7.11 Å². The molecule has 2 unspecified atom stereocenters. The van der Waals surface area contributed by atoms with E-state index in [-0.39, 0.29) is 37.0 Å². The monoisotopic (exact) mass is 681 g/mol. The number of nitrogens with zero attached hydrogens (tertiary/aromatic N) is 3. The standard InChI is InChI=1S/C39H47N5O6/c1-8-10-11-14-40-39(49)36-23(6)31-18-32-24(9-2)20(3)29(41-32)17-33-27(19-45)22(5)28(42-33)16-30-21(4)25(12-13-34(46)47)37(43-30)26(38(36)44-31)15-35(48)50-7/h16-19,21,25,43,45H,8-15H2,1-7H3,(H,40,49)(H,46,47). The molecule has 1 saturated heterocycles. The van der Waals surface area contributed by atoms with Gasteiger partial charge in [-0.15, -0.1) is 0 Å². The lowest BCUT2D eigenvalue weighted by Crippen LogP contribution is -2.31. The van der Waals surface area contributed by atoms with Crippen molar-refractivity contribution >= 4 is 35.0 Å². The van der Waals surface area contributed by atoms with E-state index in [1.807, 2.05) is 45.9 Å². The molecule has 1 fully saturated rings. The SMILES string of the molecule is CCCCCNC(=O)C1=C(C)C2=CC3=NC(=CC4=NC(=C(C)C4=CO)C=C4NC(=C(CC(=O)OC)C1=N2)C(CCC(=O)O)C4C)C(C)=C3CC. The number of carbonyl (C=O) groups excluding carboxylic acids is 2. The molecule has 0 aromatic carbocycles. The van der Waals surface area contributed by atoms with Gasteiger partial charge < -0.3 is 25.6 Å². The number of aliphatic hydroxyl groups is 1. The van der Waals surface area contributed by atoms with Crippen LogP contribution in [0.25, 0.3) is 0 Å². The maximum atomic E-state index is 14.1. The minimum atomic E-state index is -0.937. The van der Waals surface area contributed by atoms with Crippen LogP contribution >= 0.6 is 0 Å². The number of hydrogen-bond acceptors (Lipinski definition) is 9. The second kappa shape index (κ2) is 15.2. The van der Waals surface area contributed by atoms with Crippen LogP contribution in [0.15, 0.2) is 107 Å². The van der Waals surface area contributed by atoms with Gasteiger partial charge in [0.15, 0.2) is 0 Å². The molecule has 50 heavy (non-hydrogen) atoms. The van der Waals surface area contributed by atoms with Crippen molar-refractivity contribution in [3.63, 3.8) is 0 Å². The number of carboxylic acids is 1. The predicted octanol–water partition coefficient (Wildman–Crippen LogP) is 6.62. The lowest BCUT2D eigenvalue weighted by Gasteiger charge is -2.20. The van der Waals surface area contributed by atoms with Crippen LogP contribution < -0.4 is 10.6 Å². The largest absolute Gasteiger partial charge is 0.515 e. The lowest BCUT2D eigenvalue weighted by atomic mass is 9.84. The zero-order valence-electron chi connectivity index (χ0n) is 30.0. The Bertz CT molecular complexity index is 1870. The van der Waals surface area contributed by atoms with E-state index >= 15 is 0 Å². The molecule has 0 aromatic rings. The number of nitrogens with one attached hydrogen (secondary N) is 2. The maximum Gasteiger partial charge on any atom is 0.310 e. The first-order chi connectivity index (χ1) is 23.9. The van der Waals surface area contributed by atoms with Crippen LogP contribution in [-0.2, 0) is 19.1 Å². The number of methoxy groups -OCH3 is 1. The van der Waals surface area contributed by atoms with E-state index in [1.54, 1.807) is 0 Å². The summed E-state index contributed by atoms with van der Waals surface area (Å²) in [6.45, 7) is 12.4. The summed E-state index contributed by atoms with van der Waals surface area (Å²) in [6.07, 6.45) is 10.2. The highest BCUT2D eigenvalue weighted by Gasteiger charge is 2.40. The number of esters is 1. The summed E-state index contributed by atoms with van der Waals surface area (Å²) < 4.78 is 5.16. The minimum absolute atomic E-state index is 0.101. The normalized spacial score (nSPS) is 22.3. The maximum absolute atomic E-state index is 14.1. The number of aliphatic imine (C=N–C) groups is 3. The zero-order valence-corrected chi connectivity index (χ0v) is 30.0. The Hall–Kier alpha value is -5.06. The molecular formula is C39H47N5O6. The van der Waals surface area contributed by atoms with Gasteiger partial charge in [-0.25, -0.2) is 15.0 Å². The van der Waals surface area contributed by atoms with E-state index in [0.29, 0.717) is 75.2 Å². The fraction of sp³-hybridized carbons (Fsp3) is 0.436. The molecule has 2 atom stereocenters. The number of fused-ring (bicyclic) bond motifs is 5. The van der Waals surface area contributed by atoms with Crippen LogP contribution in [0.4, 0.5) is 0 Å². The quantitative estimate of drug-likeness (QED) is 0.108. The van der Waals surface area contributed by atoms with Crippen molar-refractivity contribution in [1.82, 2.24) is 10.6 Å². The third kappa shape index (κ3) is 6.99. The second-order valence-electron chi connectivity index (χ2n) is 13.2. The lowest BCUT2D eigenvalue weighted by molar-refractivity contribution is -0.140. The van der Waals surface area contributed by atoms with E-state index in [2.05, 4.69) is 24.5 Å². The summed E-state index contributed by atoms with van der Waals surface area (Å²) in [5.41, 5.74) is 9.74. The van der Waals surface area contributed by atoms with Gasteiger partial charge in [-0.2, -0.15) is 0 Å². The summed E-state index contributed by atoms with van der Waals surface area (Å²) in [7, 11) is 1.31. The molecule has 4 N–H and O–H groups in total. The van der Waals surface area contributed by atoms with Gasteiger partial charge in [-0.3, -0.25) is 14.4 Å². The van der Waals surface area contributed by atoms with E-state index in [0.717, 1.165) is 47.9 Å². The van der Waals surface area contributed by atoms with Crippen LogP contribution in [0.2, 0.25) is 0 Å². The van der Waals surface area contributed by atoms with Crippen molar-refractivity contribution < 1.29 is 29.3 Å². The number of rotatable bonds is 11. The Morgan fingerprint density at radius 3 is 2.34 bits per heavy atom. The van der Waals surface area contributed by atoms with Crippen LogP contribution in [0.1, 0.15) is 86.5 Å². The van der Waals surface area contributed by atoms with Crippen LogP contribution in [-0.4, -0.2) is 58.8 Å². The van der Waals surface area contributed by atoms with Crippen LogP contribution in [0.5, 0.6) is 0 Å². The number of ether oxygens (including phenoxy) is 1. The van der Waals surface area contributed by atoms with Crippen LogP contribution in [0.3, 0.4) is 0 Å². The third-order valence-electron chi connectivity index (χ3n) is 10.1. The molecule has 5 heterocycles. The van der Waals surface area contributed by atoms with Crippen molar-refractivity contribution in [2.75, 3.05) is 13.7 Å². The number of hydrogen-bond donors (Lipinski definition) is 4. The molecule has 11 heteroatoms. The zero-order chi connectivity index (χ0) is 36.3. The van der Waals surface area contributed by atoms with Crippen molar-refractivity contribution in [2.45, 2.75) is 86.5 Å². The minimum Gasteiger partial charge on any atom is -0.515 e. The molecule has 1 amide bonds. The summed E-state index contributed by atoms with van der Waals surface area (Å²) in [5, 5.41) is 26.6. The third-order valence-corrected chi connectivity index (χ3v) is 10.1. The average molecular weight is 682 g/mol. The number of aliphatic hydroxyl groups excluding tert-OH is 1. The first-order valence-electron chi connectivity index (χ1n) is 17.4. The van der Waals surface area contributed by atoms with Crippen molar-refractivity contribution in [2.24, 2.45) is 26.8 Å². The molecule has 0 aliphatic carbocycles. The highest BCUT2D eigenvalue weighted by molar-refractivity contribution is 6.32. The summed E-state index contributed by atoms with van der Waals surface area (Å²) in [5.74, 6) is -2.31. The van der Waals surface area contributed by atoms with Gasteiger partial charge >= 0.3 is 11.9 Å². The van der Waals surface area contributed by atoms with Crippen molar-refractivity contribution in [3.05, 3.63) is 92.0 Å². The van der Waals surface area contributed by atoms with Crippen molar-refractivity contribution in [1.29, 1.82) is 0 Å². The van der Waals surface area contributed by atoms with Gasteiger partial charge in [0.25, 0.3) is 5.91 Å². The van der Waals surface area contributed by atoms with E-state index in [9.17, 15) is 24.6 Å². The molecule has 5 aliphatic heterocycles. The molecule has 0 saturated carbocycles. The number of allylic oxidation sites excluding steroid dienone is 10. The summed E-state index contributed by atoms with van der Waals surface area (Å²) >= 11 is 0. The number of carboxylic acid groups (broad SMARTS) is 1. The molecule has 11 nitrogen and oxygen atoms in total. The number of amides is 1. The number of carbonyl (C=O) groups is 3. The fourth-order valence-corrected chi connectivity index (χ4v) is 7.12. The molecule has 8 bridgehead atoms. The van der Waals surface area contributed by atoms with Gasteiger partial charge in [0.1, 0.15) is 0 Å². The molecule has 0 aromatic heterocycles. The summed E-state index contributed by atoms with van der Waals surface area (Å²) in [4.78, 5) is 54.0. The molecule has 264 valence electrons. The summed E-state index contributed by atoms with van der Waals surface area (Å²) in [6, 6.07) is 0. The molecule has 0 spiro atoms. The van der Waals surface area contributed by atoms with Gasteiger partial charge in [-0.1, -0.05) is 33.6 Å². The molecule has 5 aliphatic rings. The van der Waals surface area contributed by atoms with Crippen molar-refractivity contribution in [3.8, 4) is 0 Å². The second-order valence-corrected chi connectivity index (χ2v) is 13.2. The fourth-order valence-electron chi connectivity index (χ4n) is 7.12. The van der Waals surface area contributed by atoms with E-state index < -0.39 is 11.9 Å².